The van der Waals surface area contributed by atoms with Gasteiger partial charge in [0.15, 0.2) is 0 Å². The lowest BCUT2D eigenvalue weighted by molar-refractivity contribution is -0.274. The highest BCUT2D eigenvalue weighted by atomic mass is 19.4. The van der Waals surface area contributed by atoms with E-state index in [4.69, 9.17) is 5.41 Å². The lowest BCUT2D eigenvalue weighted by Gasteiger charge is -2.39. The average molecular weight is 475 g/mol. The van der Waals surface area contributed by atoms with Crippen LogP contribution in [0.3, 0.4) is 0 Å². The number of likely N-dealkylation sites (N-methyl/N-ethyl adjacent to an activating group) is 1. The SMILES string of the molecule is CC[C@](C)(c1cccc(OC(F)(F)F)c1)[C@H](C(=O)N(C)C(C)=N)c1ccc(C(F)(F)F)nc1. The third kappa shape index (κ3) is 6.02. The molecule has 2 atom stereocenters. The predicted octanol–water partition coefficient (Wildman–Crippen LogP) is 5.91. The number of alkyl halides is 6. The summed E-state index contributed by atoms with van der Waals surface area (Å²) in [5, 5.41) is 7.80. The Labute approximate surface area is 186 Å². The number of hydrogen-bond donors (Lipinski definition) is 1. The molecule has 1 amide bonds. The quantitative estimate of drug-likeness (QED) is 0.321. The van der Waals surface area contributed by atoms with Crippen molar-refractivity contribution in [3.8, 4) is 5.75 Å². The highest BCUT2D eigenvalue weighted by Crippen LogP contribution is 2.44. The summed E-state index contributed by atoms with van der Waals surface area (Å²) in [6, 6.07) is 6.97. The van der Waals surface area contributed by atoms with E-state index in [1.54, 1.807) is 13.8 Å². The van der Waals surface area contributed by atoms with Crippen LogP contribution in [-0.4, -0.2) is 35.0 Å². The Kier molecular flexibility index (Phi) is 7.45. The number of ether oxygens (including phenoxy) is 1. The molecule has 11 heteroatoms. The van der Waals surface area contributed by atoms with Crippen LogP contribution < -0.4 is 4.74 Å². The molecule has 0 aliphatic rings. The van der Waals surface area contributed by atoms with Crippen molar-refractivity contribution in [2.75, 3.05) is 7.05 Å². The number of amidine groups is 1. The lowest BCUT2D eigenvalue weighted by atomic mass is 9.67. The molecule has 0 bridgehead atoms. The Balaban J connectivity index is 2.66. The lowest BCUT2D eigenvalue weighted by Crippen LogP contribution is -2.43. The molecule has 0 spiro atoms. The highest BCUT2D eigenvalue weighted by molar-refractivity contribution is 5.99. The number of halogens is 6. The van der Waals surface area contributed by atoms with Crippen molar-refractivity contribution >= 4 is 11.7 Å². The Morgan fingerprint density at radius 3 is 2.24 bits per heavy atom. The van der Waals surface area contributed by atoms with Crippen molar-refractivity contribution in [2.45, 2.75) is 51.1 Å². The Hall–Kier alpha value is -3.11. The number of nitrogens with zero attached hydrogens (tertiary/aromatic N) is 2. The second kappa shape index (κ2) is 9.40. The fraction of sp³-hybridized carbons (Fsp3) is 0.409. The first-order chi connectivity index (χ1) is 15.1. The van der Waals surface area contributed by atoms with Crippen molar-refractivity contribution in [2.24, 2.45) is 0 Å². The maximum Gasteiger partial charge on any atom is 0.573 e. The number of carbonyl (C=O) groups is 1. The van der Waals surface area contributed by atoms with E-state index < -0.39 is 41.2 Å². The standard InChI is InChI=1S/C22H23F6N3O2/c1-5-20(3,15-7-6-8-16(11-15)33-22(26,27)28)18(19(32)31(4)13(2)29)14-9-10-17(30-12-14)21(23,24)25/h6-12,18,29H,5H2,1-4H3/t18-,20+/m0/s1. The monoisotopic (exact) mass is 475 g/mol. The van der Waals surface area contributed by atoms with Gasteiger partial charge < -0.3 is 9.64 Å². The van der Waals surface area contributed by atoms with Crippen LogP contribution in [-0.2, 0) is 16.4 Å². The predicted molar refractivity (Wildman–Crippen MR) is 109 cm³/mol. The minimum Gasteiger partial charge on any atom is -0.406 e. The second-order valence-corrected chi connectivity index (χ2v) is 7.74. The van der Waals surface area contributed by atoms with E-state index >= 15 is 0 Å². The molecule has 0 unspecified atom stereocenters. The third-order valence-electron chi connectivity index (χ3n) is 5.59. The maximum absolute atomic E-state index is 13.4. The van der Waals surface area contributed by atoms with Gasteiger partial charge in [0.2, 0.25) is 5.91 Å². The molecule has 0 fully saturated rings. The summed E-state index contributed by atoms with van der Waals surface area (Å²) in [6.45, 7) is 4.68. The number of nitrogens with one attached hydrogen (secondary N) is 1. The molecule has 0 saturated carbocycles. The van der Waals surface area contributed by atoms with Gasteiger partial charge in [-0.1, -0.05) is 32.0 Å². The summed E-state index contributed by atoms with van der Waals surface area (Å²) in [5.41, 5.74) is -1.88. The summed E-state index contributed by atoms with van der Waals surface area (Å²) < 4.78 is 81.1. The molecule has 0 saturated heterocycles. The fourth-order valence-corrected chi connectivity index (χ4v) is 3.51. The number of amides is 1. The number of benzene rings is 1. The molecular weight excluding hydrogens is 452 g/mol. The fourth-order valence-electron chi connectivity index (χ4n) is 3.51. The van der Waals surface area contributed by atoms with E-state index in [0.29, 0.717) is 5.56 Å². The highest BCUT2D eigenvalue weighted by Gasteiger charge is 2.43. The zero-order chi connectivity index (χ0) is 25.2. The van der Waals surface area contributed by atoms with Gasteiger partial charge >= 0.3 is 12.5 Å². The Morgan fingerprint density at radius 1 is 1.15 bits per heavy atom. The first-order valence-electron chi connectivity index (χ1n) is 9.82. The van der Waals surface area contributed by atoms with Crippen molar-refractivity contribution in [3.05, 3.63) is 59.4 Å². The molecule has 1 aromatic carbocycles. The smallest absolute Gasteiger partial charge is 0.406 e. The largest absolute Gasteiger partial charge is 0.573 e. The Morgan fingerprint density at radius 2 is 1.79 bits per heavy atom. The number of pyridine rings is 1. The molecule has 0 aliphatic heterocycles. The molecule has 1 aromatic heterocycles. The van der Waals surface area contributed by atoms with Gasteiger partial charge in [0, 0.05) is 18.7 Å². The molecule has 180 valence electrons. The average Bonchev–Trinajstić information content (AvgIpc) is 2.71. The summed E-state index contributed by atoms with van der Waals surface area (Å²) in [7, 11) is 1.34. The Bertz CT molecular complexity index is 1000. The number of hydrogen-bond acceptors (Lipinski definition) is 4. The molecule has 33 heavy (non-hydrogen) atoms. The van der Waals surface area contributed by atoms with Gasteiger partial charge in [-0.15, -0.1) is 13.2 Å². The summed E-state index contributed by atoms with van der Waals surface area (Å²) in [4.78, 5) is 17.9. The van der Waals surface area contributed by atoms with Gasteiger partial charge in [-0.2, -0.15) is 13.2 Å². The van der Waals surface area contributed by atoms with Crippen LogP contribution in [0.25, 0.3) is 0 Å². The van der Waals surface area contributed by atoms with Gasteiger partial charge in [0.1, 0.15) is 11.4 Å². The second-order valence-electron chi connectivity index (χ2n) is 7.74. The van der Waals surface area contributed by atoms with Gasteiger partial charge in [-0.3, -0.25) is 15.2 Å². The molecule has 5 nitrogen and oxygen atoms in total. The molecule has 1 N–H and O–H groups in total. The summed E-state index contributed by atoms with van der Waals surface area (Å²) >= 11 is 0. The third-order valence-corrected chi connectivity index (χ3v) is 5.59. The van der Waals surface area contributed by atoms with E-state index in [1.165, 1.54) is 26.1 Å². The number of carbonyl (C=O) groups excluding carboxylic acids is 1. The molecule has 0 aliphatic carbocycles. The van der Waals surface area contributed by atoms with E-state index in [2.05, 4.69) is 9.72 Å². The van der Waals surface area contributed by atoms with Gasteiger partial charge in [0.05, 0.1) is 11.8 Å². The topological polar surface area (TPSA) is 66.3 Å². The minimum absolute atomic E-state index is 0.113. The van der Waals surface area contributed by atoms with E-state index in [0.717, 1.165) is 35.4 Å². The first-order valence-corrected chi connectivity index (χ1v) is 9.82. The number of aromatic nitrogens is 1. The zero-order valence-corrected chi connectivity index (χ0v) is 18.3. The van der Waals surface area contributed by atoms with Crippen molar-refractivity contribution in [1.29, 1.82) is 5.41 Å². The molecule has 0 radical (unpaired) electrons. The van der Waals surface area contributed by atoms with Crippen LogP contribution in [0.2, 0.25) is 0 Å². The maximum atomic E-state index is 13.4. The molecule has 1 heterocycles. The minimum atomic E-state index is -4.93. The van der Waals surface area contributed by atoms with Crippen LogP contribution in [0.1, 0.15) is 49.9 Å². The first kappa shape index (κ1) is 26.1. The summed E-state index contributed by atoms with van der Waals surface area (Å²) in [6.07, 6.45) is -8.45. The van der Waals surface area contributed by atoms with Crippen LogP contribution >= 0.6 is 0 Å². The van der Waals surface area contributed by atoms with E-state index in [-0.39, 0.29) is 17.8 Å². The molecule has 2 aromatic rings. The molecular formula is C22H23F6N3O2. The van der Waals surface area contributed by atoms with Crippen molar-refractivity contribution in [3.63, 3.8) is 0 Å². The summed E-state index contributed by atoms with van der Waals surface area (Å²) in [5.74, 6) is -2.37. The van der Waals surface area contributed by atoms with Crippen LogP contribution in [0, 0.1) is 5.41 Å². The van der Waals surface area contributed by atoms with E-state index in [9.17, 15) is 31.1 Å². The van der Waals surface area contributed by atoms with Crippen LogP contribution in [0.15, 0.2) is 42.6 Å². The molecule has 2 rings (SSSR count). The normalized spacial score (nSPS) is 14.8. The van der Waals surface area contributed by atoms with Gasteiger partial charge in [-0.25, -0.2) is 0 Å². The van der Waals surface area contributed by atoms with Gasteiger partial charge in [0.25, 0.3) is 0 Å². The zero-order valence-electron chi connectivity index (χ0n) is 18.3. The van der Waals surface area contributed by atoms with Crippen LogP contribution in [0.5, 0.6) is 5.75 Å². The van der Waals surface area contributed by atoms with Crippen molar-refractivity contribution in [1.82, 2.24) is 9.88 Å². The van der Waals surface area contributed by atoms with Crippen molar-refractivity contribution < 1.29 is 35.9 Å². The van der Waals surface area contributed by atoms with E-state index in [1.807, 2.05) is 0 Å². The van der Waals surface area contributed by atoms with Gasteiger partial charge in [-0.05, 0) is 42.7 Å². The number of rotatable bonds is 6. The van der Waals surface area contributed by atoms with Crippen LogP contribution in [0.4, 0.5) is 26.3 Å².